The van der Waals surface area contributed by atoms with E-state index < -0.39 is 5.82 Å². The van der Waals surface area contributed by atoms with Crippen molar-refractivity contribution < 1.29 is 14.0 Å². The van der Waals surface area contributed by atoms with Crippen molar-refractivity contribution in [3.05, 3.63) is 35.1 Å². The smallest absolute Gasteiger partial charge is 0.319 e. The van der Waals surface area contributed by atoms with Crippen molar-refractivity contribution in [3.8, 4) is 0 Å². The van der Waals surface area contributed by atoms with Gasteiger partial charge in [-0.3, -0.25) is 9.69 Å². The van der Waals surface area contributed by atoms with Crippen LogP contribution in [0.1, 0.15) is 15.9 Å². The molecular weight excluding hydrogens is 285 g/mol. The molecule has 1 aromatic carbocycles. The Labute approximate surface area is 130 Å². The Kier molecular flexibility index (Phi) is 5.13. The third-order valence-corrected chi connectivity index (χ3v) is 3.81. The molecule has 1 aliphatic heterocycles. The van der Waals surface area contributed by atoms with Crippen molar-refractivity contribution >= 4 is 11.8 Å². The minimum atomic E-state index is -0.475. The van der Waals surface area contributed by atoms with Gasteiger partial charge in [0.2, 0.25) is 0 Å². The summed E-state index contributed by atoms with van der Waals surface area (Å²) >= 11 is 0. The molecule has 0 radical (unpaired) electrons. The van der Waals surface area contributed by atoms with Gasteiger partial charge < -0.3 is 9.80 Å². The Hall–Kier alpha value is -1.95. The average Bonchev–Trinajstić information content (AvgIpc) is 2.49. The molecule has 6 heteroatoms. The van der Waals surface area contributed by atoms with E-state index in [1.54, 1.807) is 36.0 Å². The second-order valence-corrected chi connectivity index (χ2v) is 5.85. The summed E-state index contributed by atoms with van der Waals surface area (Å²) in [6.07, 6.45) is 0. The number of halogens is 1. The monoisotopic (exact) mass is 307 g/mol. The van der Waals surface area contributed by atoms with Crippen LogP contribution < -0.4 is 0 Å². The van der Waals surface area contributed by atoms with Crippen LogP contribution in [0.15, 0.2) is 18.2 Å². The highest BCUT2D eigenvalue weighted by molar-refractivity contribution is 5.98. The van der Waals surface area contributed by atoms with E-state index in [0.717, 1.165) is 5.56 Å². The van der Waals surface area contributed by atoms with Gasteiger partial charge in [-0.2, -0.15) is 0 Å². The fourth-order valence-electron chi connectivity index (χ4n) is 2.52. The molecule has 1 aromatic rings. The third kappa shape index (κ3) is 3.82. The van der Waals surface area contributed by atoms with Crippen LogP contribution in [0.25, 0.3) is 0 Å². The number of ketones is 1. The quantitative estimate of drug-likeness (QED) is 0.797. The Morgan fingerprint density at radius 3 is 2.41 bits per heavy atom. The van der Waals surface area contributed by atoms with Crippen molar-refractivity contribution in [2.24, 2.45) is 0 Å². The molecule has 0 spiro atoms. The fraction of sp³-hybridized carbons (Fsp3) is 0.500. The number of Topliss-reactive ketones (excluding diaryl/α,β-unsaturated/α-hetero) is 1. The van der Waals surface area contributed by atoms with Gasteiger partial charge in [0.25, 0.3) is 0 Å². The number of piperazine rings is 1. The van der Waals surface area contributed by atoms with Gasteiger partial charge in [0.05, 0.1) is 12.1 Å². The number of nitrogens with zero attached hydrogens (tertiary/aromatic N) is 3. The highest BCUT2D eigenvalue weighted by Gasteiger charge is 2.24. The van der Waals surface area contributed by atoms with E-state index >= 15 is 0 Å². The van der Waals surface area contributed by atoms with Crippen LogP contribution >= 0.6 is 0 Å². The van der Waals surface area contributed by atoms with Crippen molar-refractivity contribution in [3.63, 3.8) is 0 Å². The molecule has 0 atom stereocenters. The van der Waals surface area contributed by atoms with E-state index in [1.807, 2.05) is 11.8 Å². The topological polar surface area (TPSA) is 43.9 Å². The second kappa shape index (κ2) is 6.87. The van der Waals surface area contributed by atoms with Gasteiger partial charge >= 0.3 is 6.03 Å². The number of rotatable bonds is 3. The first-order valence-electron chi connectivity index (χ1n) is 7.36. The van der Waals surface area contributed by atoms with Gasteiger partial charge in [0.15, 0.2) is 5.78 Å². The molecule has 5 nitrogen and oxygen atoms in total. The number of hydrogen-bond acceptors (Lipinski definition) is 3. The molecule has 1 saturated heterocycles. The van der Waals surface area contributed by atoms with Gasteiger partial charge in [-0.15, -0.1) is 0 Å². The summed E-state index contributed by atoms with van der Waals surface area (Å²) in [5.74, 6) is -0.689. The van der Waals surface area contributed by atoms with Gasteiger partial charge in [-0.05, 0) is 19.1 Å². The van der Waals surface area contributed by atoms with E-state index in [9.17, 15) is 14.0 Å². The van der Waals surface area contributed by atoms with E-state index in [1.165, 1.54) is 6.07 Å². The highest BCUT2D eigenvalue weighted by atomic mass is 19.1. The Bertz CT molecular complexity index is 567. The molecule has 0 aromatic heterocycles. The molecule has 2 amide bonds. The lowest BCUT2D eigenvalue weighted by Crippen LogP contribution is -2.52. The maximum absolute atomic E-state index is 13.7. The van der Waals surface area contributed by atoms with Crippen LogP contribution in [0, 0.1) is 12.7 Å². The average molecular weight is 307 g/mol. The van der Waals surface area contributed by atoms with E-state index in [2.05, 4.69) is 0 Å². The predicted octanol–water partition coefficient (Wildman–Crippen LogP) is 1.62. The summed E-state index contributed by atoms with van der Waals surface area (Å²) in [5.41, 5.74) is 1.01. The molecule has 1 heterocycles. The van der Waals surface area contributed by atoms with Crippen LogP contribution in [0.5, 0.6) is 0 Å². The van der Waals surface area contributed by atoms with Crippen molar-refractivity contribution in [1.82, 2.24) is 14.7 Å². The maximum Gasteiger partial charge on any atom is 0.319 e. The molecule has 1 fully saturated rings. The first-order chi connectivity index (χ1) is 10.4. The predicted molar refractivity (Wildman–Crippen MR) is 82.6 cm³/mol. The van der Waals surface area contributed by atoms with E-state index in [4.69, 9.17) is 0 Å². The van der Waals surface area contributed by atoms with Crippen LogP contribution in [0.3, 0.4) is 0 Å². The summed E-state index contributed by atoms with van der Waals surface area (Å²) < 4.78 is 13.7. The molecular formula is C16H22FN3O2. The van der Waals surface area contributed by atoms with Crippen molar-refractivity contribution in [2.75, 3.05) is 46.8 Å². The first-order valence-corrected chi connectivity index (χ1v) is 7.36. The summed E-state index contributed by atoms with van der Waals surface area (Å²) in [5, 5.41) is 0. The molecule has 120 valence electrons. The largest absolute Gasteiger partial charge is 0.331 e. The fourth-order valence-corrected chi connectivity index (χ4v) is 2.52. The normalized spacial score (nSPS) is 15.7. The number of carbonyl (C=O) groups excluding carboxylic acids is 2. The molecule has 1 aliphatic rings. The lowest BCUT2D eigenvalue weighted by molar-refractivity contribution is 0.0859. The standard InChI is InChI=1S/C16H22FN3O2/c1-12-4-5-14(17)13(10-12)15(21)11-19-6-8-20(9-7-19)16(22)18(2)3/h4-5,10H,6-9,11H2,1-3H3. The molecule has 0 aliphatic carbocycles. The second-order valence-electron chi connectivity index (χ2n) is 5.85. The molecule has 2 rings (SSSR count). The Balaban J connectivity index is 1.92. The summed E-state index contributed by atoms with van der Waals surface area (Å²) in [6.45, 7) is 4.44. The van der Waals surface area contributed by atoms with Crippen LogP contribution in [0.2, 0.25) is 0 Å². The van der Waals surface area contributed by atoms with Crippen LogP contribution in [-0.2, 0) is 0 Å². The number of urea groups is 1. The van der Waals surface area contributed by atoms with Crippen LogP contribution in [0.4, 0.5) is 9.18 Å². The minimum absolute atomic E-state index is 0.0179. The molecule has 0 bridgehead atoms. The Morgan fingerprint density at radius 1 is 1.18 bits per heavy atom. The molecule has 22 heavy (non-hydrogen) atoms. The first kappa shape index (κ1) is 16.4. The lowest BCUT2D eigenvalue weighted by atomic mass is 10.1. The number of aryl methyl sites for hydroxylation is 1. The SMILES string of the molecule is Cc1ccc(F)c(C(=O)CN2CCN(C(=O)N(C)C)CC2)c1. The zero-order valence-corrected chi connectivity index (χ0v) is 13.3. The Morgan fingerprint density at radius 2 is 1.82 bits per heavy atom. The highest BCUT2D eigenvalue weighted by Crippen LogP contribution is 2.12. The number of carbonyl (C=O) groups is 2. The number of hydrogen-bond donors (Lipinski definition) is 0. The van der Waals surface area contributed by atoms with Gasteiger partial charge in [0.1, 0.15) is 5.82 Å². The minimum Gasteiger partial charge on any atom is -0.331 e. The van der Waals surface area contributed by atoms with Crippen molar-refractivity contribution in [1.29, 1.82) is 0 Å². The van der Waals surface area contributed by atoms with Gasteiger partial charge in [-0.25, -0.2) is 9.18 Å². The molecule has 0 N–H and O–H groups in total. The number of amides is 2. The molecule has 0 unspecified atom stereocenters. The molecule has 0 saturated carbocycles. The lowest BCUT2D eigenvalue weighted by Gasteiger charge is -2.35. The van der Waals surface area contributed by atoms with Crippen molar-refractivity contribution in [2.45, 2.75) is 6.92 Å². The van der Waals surface area contributed by atoms with Crippen LogP contribution in [-0.4, -0.2) is 73.3 Å². The third-order valence-electron chi connectivity index (χ3n) is 3.81. The van der Waals surface area contributed by atoms with Gasteiger partial charge in [0, 0.05) is 40.3 Å². The van der Waals surface area contributed by atoms with Gasteiger partial charge in [-0.1, -0.05) is 11.6 Å². The summed E-state index contributed by atoms with van der Waals surface area (Å²) in [6, 6.07) is 4.55. The summed E-state index contributed by atoms with van der Waals surface area (Å²) in [7, 11) is 3.44. The summed E-state index contributed by atoms with van der Waals surface area (Å²) in [4.78, 5) is 29.4. The maximum atomic E-state index is 13.7. The zero-order valence-electron chi connectivity index (χ0n) is 13.3. The van der Waals surface area contributed by atoms with E-state index in [-0.39, 0.29) is 23.9 Å². The number of benzene rings is 1. The zero-order chi connectivity index (χ0) is 16.3. The van der Waals surface area contributed by atoms with E-state index in [0.29, 0.717) is 26.2 Å².